The molecule has 0 saturated carbocycles. The number of amides is 4. The molecule has 1 aromatic heterocycles. The minimum atomic E-state index is -0.665. The lowest BCUT2D eigenvalue weighted by Gasteiger charge is -2.15. The van der Waals surface area contributed by atoms with E-state index in [-0.39, 0.29) is 23.5 Å². The molecule has 3 aromatic carbocycles. The van der Waals surface area contributed by atoms with Gasteiger partial charge in [0.05, 0.1) is 15.9 Å². The Hall–Kier alpha value is -5.07. The molecule has 12 heteroatoms. The molecule has 5 rings (SSSR count). The van der Waals surface area contributed by atoms with Crippen LogP contribution in [0, 0.1) is 10.1 Å². The van der Waals surface area contributed by atoms with Gasteiger partial charge in [-0.25, -0.2) is 4.90 Å². The molecule has 2 heterocycles. The van der Waals surface area contributed by atoms with Crippen molar-refractivity contribution in [3.8, 4) is 0 Å². The fourth-order valence-corrected chi connectivity index (χ4v) is 5.84. The second-order valence-corrected chi connectivity index (χ2v) is 11.3. The fourth-order valence-electron chi connectivity index (χ4n) is 4.13. The molecule has 210 valence electrons. The normalized spacial score (nSPS) is 15.0. The Balaban J connectivity index is 1.24. The number of anilines is 2. The van der Waals surface area contributed by atoms with Crippen molar-refractivity contribution < 1.29 is 24.1 Å². The predicted molar refractivity (Wildman–Crippen MR) is 161 cm³/mol. The smallest absolute Gasteiger partial charge is 0.272 e. The Kier molecular flexibility index (Phi) is 8.55. The molecule has 4 amide bonds. The van der Waals surface area contributed by atoms with Crippen LogP contribution in [0.1, 0.15) is 21.7 Å². The van der Waals surface area contributed by atoms with Crippen molar-refractivity contribution in [1.82, 2.24) is 5.32 Å². The van der Waals surface area contributed by atoms with Crippen LogP contribution in [0.4, 0.5) is 17.1 Å². The molecule has 0 spiro atoms. The van der Waals surface area contributed by atoms with Gasteiger partial charge in [0.1, 0.15) is 5.70 Å². The first kappa shape index (κ1) is 28.5. The lowest BCUT2D eigenvalue weighted by atomic mass is 10.2. The summed E-state index contributed by atoms with van der Waals surface area (Å²) in [6.45, 7) is 0. The van der Waals surface area contributed by atoms with Crippen molar-refractivity contribution in [3.05, 3.63) is 123 Å². The highest BCUT2D eigenvalue weighted by atomic mass is 32.2. The van der Waals surface area contributed by atoms with Crippen molar-refractivity contribution in [1.29, 1.82) is 0 Å². The van der Waals surface area contributed by atoms with Crippen LogP contribution >= 0.6 is 23.1 Å². The van der Waals surface area contributed by atoms with Gasteiger partial charge in [-0.05, 0) is 66.1 Å². The Bertz CT molecular complexity index is 1670. The summed E-state index contributed by atoms with van der Waals surface area (Å²) in [5, 5.41) is 17.6. The molecule has 1 saturated heterocycles. The minimum Gasteiger partial charge on any atom is -0.321 e. The van der Waals surface area contributed by atoms with Gasteiger partial charge in [0.15, 0.2) is 0 Å². The highest BCUT2D eigenvalue weighted by Crippen LogP contribution is 2.35. The number of hydrogen-bond donors (Lipinski definition) is 2. The molecule has 0 radical (unpaired) electrons. The van der Waals surface area contributed by atoms with Crippen molar-refractivity contribution >= 4 is 69.9 Å². The van der Waals surface area contributed by atoms with Crippen LogP contribution in [0.25, 0.3) is 6.08 Å². The quantitative estimate of drug-likeness (QED) is 0.112. The average Bonchev–Trinajstić information content (AvgIpc) is 3.61. The number of carbonyl (C=O) groups excluding carboxylic acids is 4. The maximum atomic E-state index is 13.2. The summed E-state index contributed by atoms with van der Waals surface area (Å²) < 4.78 is 0. The number of thioether (sulfide) groups is 1. The zero-order chi connectivity index (χ0) is 29.6. The van der Waals surface area contributed by atoms with Crippen molar-refractivity contribution in [3.63, 3.8) is 0 Å². The van der Waals surface area contributed by atoms with Gasteiger partial charge in [-0.2, -0.15) is 0 Å². The largest absolute Gasteiger partial charge is 0.321 e. The van der Waals surface area contributed by atoms with Crippen LogP contribution in [0.5, 0.6) is 0 Å². The highest BCUT2D eigenvalue weighted by Gasteiger charge is 2.40. The zero-order valence-corrected chi connectivity index (χ0v) is 23.4. The summed E-state index contributed by atoms with van der Waals surface area (Å²) >= 11 is 2.64. The molecule has 4 aromatic rings. The third-order valence-electron chi connectivity index (χ3n) is 6.17. The Morgan fingerprint density at radius 1 is 0.952 bits per heavy atom. The molecule has 0 bridgehead atoms. The minimum absolute atomic E-state index is 0.0169. The number of non-ortho nitro benzene ring substituents is 1. The van der Waals surface area contributed by atoms with Crippen molar-refractivity contribution in [2.75, 3.05) is 10.2 Å². The van der Waals surface area contributed by atoms with Crippen LogP contribution in [0.15, 0.2) is 107 Å². The lowest BCUT2D eigenvalue weighted by molar-refractivity contribution is -0.384. The van der Waals surface area contributed by atoms with Gasteiger partial charge in [0, 0.05) is 39.6 Å². The number of nitrogens with one attached hydrogen (secondary N) is 2. The van der Waals surface area contributed by atoms with Crippen LogP contribution in [0.2, 0.25) is 0 Å². The number of thiophene rings is 1. The van der Waals surface area contributed by atoms with Crippen molar-refractivity contribution in [2.24, 2.45) is 0 Å². The molecule has 42 heavy (non-hydrogen) atoms. The molecule has 2 N–H and O–H groups in total. The molecular weight excluding hydrogens is 576 g/mol. The topological polar surface area (TPSA) is 139 Å². The van der Waals surface area contributed by atoms with E-state index in [4.69, 9.17) is 0 Å². The van der Waals surface area contributed by atoms with Gasteiger partial charge in [0.2, 0.25) is 11.8 Å². The number of nitro benzene ring substituents is 1. The number of nitro groups is 1. The summed E-state index contributed by atoms with van der Waals surface area (Å²) in [5.74, 6) is -1.73. The third-order valence-corrected chi connectivity index (χ3v) is 8.19. The Labute approximate surface area is 248 Å². The van der Waals surface area contributed by atoms with Gasteiger partial charge in [-0.3, -0.25) is 29.3 Å². The fraction of sp³-hybridized carbons (Fsp3) is 0.0667. The third kappa shape index (κ3) is 6.62. The van der Waals surface area contributed by atoms with Gasteiger partial charge < -0.3 is 10.6 Å². The zero-order valence-electron chi connectivity index (χ0n) is 21.8. The van der Waals surface area contributed by atoms with E-state index in [9.17, 15) is 29.3 Å². The summed E-state index contributed by atoms with van der Waals surface area (Å²) in [7, 11) is 0. The molecule has 10 nitrogen and oxygen atoms in total. The summed E-state index contributed by atoms with van der Waals surface area (Å²) in [6.07, 6.45) is 1.58. The molecule has 1 atom stereocenters. The van der Waals surface area contributed by atoms with Crippen LogP contribution in [-0.4, -0.2) is 33.8 Å². The molecule has 1 fully saturated rings. The number of nitrogens with zero attached hydrogens (tertiary/aromatic N) is 2. The second kappa shape index (κ2) is 12.6. The molecule has 1 unspecified atom stereocenters. The highest BCUT2D eigenvalue weighted by molar-refractivity contribution is 8.00. The maximum Gasteiger partial charge on any atom is 0.272 e. The summed E-state index contributed by atoms with van der Waals surface area (Å²) in [6, 6.07) is 24.3. The SMILES string of the molecule is O=C(Nc1ccc(SC2CC(=O)N(c3ccc([N+](=O)[O-])cc3)C2=O)cc1)/C(=C/c1cccs1)NC(=O)c1ccccc1. The van der Waals surface area contributed by atoms with Crippen LogP contribution < -0.4 is 15.5 Å². The first-order chi connectivity index (χ1) is 20.3. The van der Waals surface area contributed by atoms with E-state index in [0.717, 1.165) is 9.78 Å². The van der Waals surface area contributed by atoms with Crippen molar-refractivity contribution in [2.45, 2.75) is 16.6 Å². The monoisotopic (exact) mass is 598 g/mol. The predicted octanol–water partition coefficient (Wildman–Crippen LogP) is 5.49. The first-order valence-corrected chi connectivity index (χ1v) is 14.4. The number of rotatable bonds is 9. The lowest BCUT2D eigenvalue weighted by Crippen LogP contribution is -2.31. The van der Waals surface area contributed by atoms with E-state index in [1.807, 2.05) is 17.5 Å². The Morgan fingerprint density at radius 3 is 2.31 bits per heavy atom. The molecule has 1 aliphatic rings. The molecule has 1 aliphatic heterocycles. The number of imide groups is 1. The maximum absolute atomic E-state index is 13.2. The van der Waals surface area contributed by atoms with Gasteiger partial charge in [-0.15, -0.1) is 23.1 Å². The van der Waals surface area contributed by atoms with Gasteiger partial charge in [0.25, 0.3) is 17.5 Å². The van der Waals surface area contributed by atoms with E-state index in [2.05, 4.69) is 10.6 Å². The summed E-state index contributed by atoms with van der Waals surface area (Å²) in [5.41, 5.74) is 1.10. The first-order valence-electron chi connectivity index (χ1n) is 12.6. The van der Waals surface area contributed by atoms with Gasteiger partial charge in [-0.1, -0.05) is 24.3 Å². The van der Waals surface area contributed by atoms with E-state index in [0.29, 0.717) is 16.1 Å². The van der Waals surface area contributed by atoms with Gasteiger partial charge >= 0.3 is 0 Å². The summed E-state index contributed by atoms with van der Waals surface area (Å²) in [4.78, 5) is 64.4. The molecule has 0 aliphatic carbocycles. The second-order valence-electron chi connectivity index (χ2n) is 9.02. The van der Waals surface area contributed by atoms with E-state index >= 15 is 0 Å². The van der Waals surface area contributed by atoms with E-state index in [1.165, 1.54) is 47.4 Å². The average molecular weight is 599 g/mol. The van der Waals surface area contributed by atoms with E-state index in [1.54, 1.807) is 60.7 Å². The van der Waals surface area contributed by atoms with Crippen LogP contribution in [0.3, 0.4) is 0 Å². The number of benzene rings is 3. The standard InChI is InChI=1S/C30H22N4O6S2/c35-27-18-26(30(38)33(27)21-10-12-22(13-11-21)34(39)40)42-23-14-8-20(9-15-23)31-29(37)25(17-24-7-4-16-41-24)32-28(36)19-5-2-1-3-6-19/h1-17,26H,18H2,(H,31,37)(H,32,36)/b25-17-. The number of carbonyl (C=O) groups is 4. The Morgan fingerprint density at radius 2 is 1.67 bits per heavy atom. The molecular formula is C30H22N4O6S2. The number of hydrogen-bond acceptors (Lipinski definition) is 8. The van der Waals surface area contributed by atoms with Crippen LogP contribution in [-0.2, 0) is 14.4 Å². The van der Waals surface area contributed by atoms with E-state index < -0.39 is 33.8 Å².